The Morgan fingerprint density at radius 1 is 0.640 bits per heavy atom. The second-order valence-corrected chi connectivity index (χ2v) is 6.11. The molecule has 2 heteroatoms. The van der Waals surface area contributed by atoms with Crippen LogP contribution in [0.2, 0.25) is 0 Å². The summed E-state index contributed by atoms with van der Waals surface area (Å²) in [5, 5.41) is 0. The molecule has 0 bridgehead atoms. The van der Waals surface area contributed by atoms with Crippen molar-refractivity contribution in [3.8, 4) is 0 Å². The largest absolute Gasteiger partial charge is 0.294 e. The van der Waals surface area contributed by atoms with Gasteiger partial charge in [-0.05, 0) is 12.0 Å². The van der Waals surface area contributed by atoms with Crippen LogP contribution < -0.4 is 0 Å². The SMILES string of the molecule is O=C(CC(Cc1ccccc1)C(=O)c1ccccc1)c1ccccc1. The fourth-order valence-corrected chi connectivity index (χ4v) is 2.96. The summed E-state index contributed by atoms with van der Waals surface area (Å²) in [4.78, 5) is 25.6. The first-order valence-corrected chi connectivity index (χ1v) is 8.45. The molecule has 0 spiro atoms. The van der Waals surface area contributed by atoms with Crippen LogP contribution >= 0.6 is 0 Å². The van der Waals surface area contributed by atoms with Crippen molar-refractivity contribution in [3.05, 3.63) is 108 Å². The van der Waals surface area contributed by atoms with Gasteiger partial charge >= 0.3 is 0 Å². The van der Waals surface area contributed by atoms with Crippen LogP contribution in [0.1, 0.15) is 32.7 Å². The summed E-state index contributed by atoms with van der Waals surface area (Å²) in [5.41, 5.74) is 2.38. The lowest BCUT2D eigenvalue weighted by atomic mass is 9.86. The minimum absolute atomic E-state index is 0.00538. The molecule has 3 aromatic carbocycles. The molecule has 0 aliphatic carbocycles. The van der Waals surface area contributed by atoms with E-state index in [4.69, 9.17) is 0 Å². The van der Waals surface area contributed by atoms with Gasteiger partial charge in [0.2, 0.25) is 0 Å². The standard InChI is InChI=1S/C23H20O2/c24-22(19-12-6-2-7-13-19)17-21(16-18-10-4-1-5-11-18)23(25)20-14-8-3-9-15-20/h1-15,21H,16-17H2. The number of hydrogen-bond acceptors (Lipinski definition) is 2. The quantitative estimate of drug-likeness (QED) is 0.572. The zero-order valence-electron chi connectivity index (χ0n) is 14.0. The van der Waals surface area contributed by atoms with Gasteiger partial charge in [0.25, 0.3) is 0 Å². The maximum absolute atomic E-state index is 13.0. The van der Waals surface area contributed by atoms with Crippen LogP contribution in [-0.4, -0.2) is 11.6 Å². The Hall–Kier alpha value is -3.00. The van der Waals surface area contributed by atoms with Gasteiger partial charge in [-0.15, -0.1) is 0 Å². The lowest BCUT2D eigenvalue weighted by molar-refractivity contribution is 0.0851. The zero-order valence-corrected chi connectivity index (χ0v) is 14.0. The van der Waals surface area contributed by atoms with E-state index in [9.17, 15) is 9.59 Å². The minimum Gasteiger partial charge on any atom is -0.294 e. The smallest absolute Gasteiger partial charge is 0.166 e. The monoisotopic (exact) mass is 328 g/mol. The molecule has 0 N–H and O–H groups in total. The molecule has 25 heavy (non-hydrogen) atoms. The van der Waals surface area contributed by atoms with Crippen LogP contribution in [0.3, 0.4) is 0 Å². The summed E-state index contributed by atoms with van der Waals surface area (Å²) >= 11 is 0. The molecule has 0 aromatic heterocycles. The van der Waals surface area contributed by atoms with Crippen LogP contribution in [0.4, 0.5) is 0 Å². The Kier molecular flexibility index (Phi) is 5.53. The fraction of sp³-hybridized carbons (Fsp3) is 0.130. The molecule has 124 valence electrons. The van der Waals surface area contributed by atoms with Crippen LogP contribution in [0, 0.1) is 5.92 Å². The summed E-state index contributed by atoms with van der Waals surface area (Å²) in [5.74, 6) is -0.336. The first kappa shape index (κ1) is 16.8. The number of rotatable bonds is 7. The van der Waals surface area contributed by atoms with E-state index in [1.165, 1.54) is 0 Å². The van der Waals surface area contributed by atoms with E-state index >= 15 is 0 Å². The Morgan fingerprint density at radius 2 is 1.12 bits per heavy atom. The van der Waals surface area contributed by atoms with Gasteiger partial charge in [0.05, 0.1) is 0 Å². The maximum atomic E-state index is 13.0. The third-order valence-corrected chi connectivity index (χ3v) is 4.28. The molecule has 0 radical (unpaired) electrons. The number of ketones is 2. The molecular weight excluding hydrogens is 308 g/mol. The third kappa shape index (κ3) is 4.51. The zero-order chi connectivity index (χ0) is 17.5. The van der Waals surface area contributed by atoms with E-state index in [2.05, 4.69) is 0 Å². The van der Waals surface area contributed by atoms with E-state index in [0.717, 1.165) is 5.56 Å². The molecule has 1 atom stereocenters. The van der Waals surface area contributed by atoms with Crippen LogP contribution in [-0.2, 0) is 6.42 Å². The molecule has 1 unspecified atom stereocenters. The maximum Gasteiger partial charge on any atom is 0.166 e. The van der Waals surface area contributed by atoms with Gasteiger partial charge in [0.1, 0.15) is 0 Å². The molecule has 0 saturated heterocycles. The van der Waals surface area contributed by atoms with Crippen molar-refractivity contribution < 1.29 is 9.59 Å². The van der Waals surface area contributed by atoms with Gasteiger partial charge in [-0.2, -0.15) is 0 Å². The summed E-state index contributed by atoms with van der Waals surface area (Å²) in [7, 11) is 0. The lowest BCUT2D eigenvalue weighted by Crippen LogP contribution is -2.21. The summed E-state index contributed by atoms with van der Waals surface area (Å²) < 4.78 is 0. The number of carbonyl (C=O) groups excluding carboxylic acids is 2. The lowest BCUT2D eigenvalue weighted by Gasteiger charge is -2.16. The Bertz CT molecular complexity index is 824. The molecule has 0 heterocycles. The van der Waals surface area contributed by atoms with Crippen LogP contribution in [0.25, 0.3) is 0 Å². The first-order valence-electron chi connectivity index (χ1n) is 8.45. The second-order valence-electron chi connectivity index (χ2n) is 6.11. The van der Waals surface area contributed by atoms with Crippen molar-refractivity contribution in [3.63, 3.8) is 0 Å². The van der Waals surface area contributed by atoms with Crippen LogP contribution in [0.5, 0.6) is 0 Å². The van der Waals surface area contributed by atoms with E-state index < -0.39 is 0 Å². The Labute approximate surface area is 148 Å². The minimum atomic E-state index is -0.363. The third-order valence-electron chi connectivity index (χ3n) is 4.28. The molecule has 0 fully saturated rings. The normalized spacial score (nSPS) is 11.7. The predicted molar refractivity (Wildman–Crippen MR) is 99.8 cm³/mol. The molecule has 0 saturated carbocycles. The number of benzene rings is 3. The van der Waals surface area contributed by atoms with E-state index in [1.807, 2.05) is 78.9 Å². The molecule has 3 aromatic rings. The highest BCUT2D eigenvalue weighted by Crippen LogP contribution is 2.20. The summed E-state index contributed by atoms with van der Waals surface area (Å²) in [6, 6.07) is 28.3. The highest BCUT2D eigenvalue weighted by atomic mass is 16.1. The van der Waals surface area contributed by atoms with Gasteiger partial charge in [-0.25, -0.2) is 0 Å². The van der Waals surface area contributed by atoms with E-state index in [0.29, 0.717) is 17.5 Å². The van der Waals surface area contributed by atoms with Gasteiger partial charge < -0.3 is 0 Å². The number of Topliss-reactive ketones (excluding diaryl/α,β-unsaturated/α-hetero) is 2. The van der Waals surface area contributed by atoms with Crippen molar-refractivity contribution in [1.29, 1.82) is 0 Å². The highest BCUT2D eigenvalue weighted by molar-refractivity contribution is 6.03. The van der Waals surface area contributed by atoms with Gasteiger partial charge in [0.15, 0.2) is 11.6 Å². The first-order chi connectivity index (χ1) is 12.2. The Balaban J connectivity index is 1.83. The number of hydrogen-bond donors (Lipinski definition) is 0. The average Bonchev–Trinajstić information content (AvgIpc) is 2.69. The fourth-order valence-electron chi connectivity index (χ4n) is 2.96. The highest BCUT2D eigenvalue weighted by Gasteiger charge is 2.24. The van der Waals surface area contributed by atoms with Crippen molar-refractivity contribution in [2.45, 2.75) is 12.8 Å². The van der Waals surface area contributed by atoms with E-state index in [-0.39, 0.29) is 23.9 Å². The summed E-state index contributed by atoms with van der Waals surface area (Å²) in [6.07, 6.45) is 0.778. The number of carbonyl (C=O) groups is 2. The predicted octanol–water partition coefficient (Wildman–Crippen LogP) is 5.00. The molecular formula is C23H20O2. The topological polar surface area (TPSA) is 34.1 Å². The summed E-state index contributed by atoms with van der Waals surface area (Å²) in [6.45, 7) is 0. The molecule has 2 nitrogen and oxygen atoms in total. The van der Waals surface area contributed by atoms with Crippen molar-refractivity contribution in [2.75, 3.05) is 0 Å². The van der Waals surface area contributed by atoms with Crippen molar-refractivity contribution >= 4 is 11.6 Å². The molecule has 3 rings (SSSR count). The van der Waals surface area contributed by atoms with Gasteiger partial charge in [0, 0.05) is 23.5 Å². The van der Waals surface area contributed by atoms with Gasteiger partial charge in [-0.3, -0.25) is 9.59 Å². The van der Waals surface area contributed by atoms with Crippen molar-refractivity contribution in [1.82, 2.24) is 0 Å². The van der Waals surface area contributed by atoms with E-state index in [1.54, 1.807) is 12.1 Å². The van der Waals surface area contributed by atoms with Gasteiger partial charge in [-0.1, -0.05) is 91.0 Å². The molecule has 0 aliphatic heterocycles. The second kappa shape index (κ2) is 8.20. The van der Waals surface area contributed by atoms with Crippen LogP contribution in [0.15, 0.2) is 91.0 Å². The molecule has 0 amide bonds. The molecule has 0 aliphatic rings. The van der Waals surface area contributed by atoms with Crippen molar-refractivity contribution in [2.24, 2.45) is 5.92 Å². The Morgan fingerprint density at radius 3 is 1.68 bits per heavy atom. The average molecular weight is 328 g/mol.